The third kappa shape index (κ3) is 2.90. The van der Waals surface area contributed by atoms with Gasteiger partial charge in [-0.1, -0.05) is 18.2 Å². The van der Waals surface area contributed by atoms with Gasteiger partial charge in [-0.25, -0.2) is 0 Å². The van der Waals surface area contributed by atoms with E-state index in [1.807, 2.05) is 29.1 Å². The van der Waals surface area contributed by atoms with Gasteiger partial charge >= 0.3 is 0 Å². The third-order valence-corrected chi connectivity index (χ3v) is 2.88. The molecule has 0 aliphatic carbocycles. The van der Waals surface area contributed by atoms with Crippen LogP contribution in [0, 0.1) is 0 Å². The quantitative estimate of drug-likeness (QED) is 0.850. The van der Waals surface area contributed by atoms with Gasteiger partial charge in [-0.2, -0.15) is 5.10 Å². The lowest BCUT2D eigenvalue weighted by atomic mass is 10.2. The highest BCUT2D eigenvalue weighted by Gasteiger charge is 2.03. The van der Waals surface area contributed by atoms with Crippen molar-refractivity contribution in [2.24, 2.45) is 0 Å². The Balaban J connectivity index is 2.06. The second kappa shape index (κ2) is 6.21. The molecule has 0 fully saturated rings. The number of benzene rings is 1. The van der Waals surface area contributed by atoms with E-state index in [0.29, 0.717) is 6.61 Å². The van der Waals surface area contributed by atoms with Crippen LogP contribution >= 0.6 is 0 Å². The van der Waals surface area contributed by atoms with Crippen LogP contribution in [0.3, 0.4) is 0 Å². The van der Waals surface area contributed by atoms with Crippen molar-refractivity contribution in [3.63, 3.8) is 0 Å². The SMILES string of the molecule is CCn1nccc1CNc1ccccc1COC. The minimum atomic E-state index is 0.621. The lowest BCUT2D eigenvalue weighted by Gasteiger charge is -2.12. The Labute approximate surface area is 108 Å². The number of rotatable bonds is 6. The van der Waals surface area contributed by atoms with Crippen LogP contribution in [0.5, 0.6) is 0 Å². The predicted molar refractivity (Wildman–Crippen MR) is 72.4 cm³/mol. The molecule has 0 atom stereocenters. The number of hydrogen-bond acceptors (Lipinski definition) is 3. The number of nitrogens with zero attached hydrogens (tertiary/aromatic N) is 2. The van der Waals surface area contributed by atoms with Crippen LogP contribution in [0.2, 0.25) is 0 Å². The molecular formula is C14H19N3O. The smallest absolute Gasteiger partial charge is 0.0733 e. The van der Waals surface area contributed by atoms with E-state index >= 15 is 0 Å². The molecule has 0 aliphatic rings. The second-order valence-corrected chi connectivity index (χ2v) is 4.08. The minimum absolute atomic E-state index is 0.621. The largest absolute Gasteiger partial charge is 0.380 e. The second-order valence-electron chi connectivity index (χ2n) is 4.08. The molecule has 0 spiro atoms. The van der Waals surface area contributed by atoms with Crippen molar-refractivity contribution >= 4 is 5.69 Å². The molecule has 0 aliphatic heterocycles. The Hall–Kier alpha value is -1.81. The van der Waals surface area contributed by atoms with Gasteiger partial charge in [0.25, 0.3) is 0 Å². The Morgan fingerprint density at radius 3 is 2.89 bits per heavy atom. The Kier molecular flexibility index (Phi) is 4.36. The normalized spacial score (nSPS) is 10.6. The number of hydrogen-bond donors (Lipinski definition) is 1. The van der Waals surface area contributed by atoms with Crippen LogP contribution in [0.4, 0.5) is 5.69 Å². The van der Waals surface area contributed by atoms with Gasteiger partial charge < -0.3 is 10.1 Å². The molecule has 0 bridgehead atoms. The first-order valence-corrected chi connectivity index (χ1v) is 6.16. The van der Waals surface area contributed by atoms with Crippen molar-refractivity contribution in [2.45, 2.75) is 26.6 Å². The van der Waals surface area contributed by atoms with E-state index in [1.54, 1.807) is 7.11 Å². The van der Waals surface area contributed by atoms with Crippen molar-refractivity contribution in [3.8, 4) is 0 Å². The molecule has 1 aromatic carbocycles. The predicted octanol–water partition coefficient (Wildman–Crippen LogP) is 2.66. The van der Waals surface area contributed by atoms with Crippen LogP contribution in [-0.4, -0.2) is 16.9 Å². The standard InChI is InChI=1S/C14H19N3O/c1-3-17-13(8-9-16-17)10-15-14-7-5-4-6-12(14)11-18-2/h4-9,15H,3,10-11H2,1-2H3. The Morgan fingerprint density at radius 2 is 2.11 bits per heavy atom. The number of aromatic nitrogens is 2. The zero-order valence-corrected chi connectivity index (χ0v) is 10.9. The third-order valence-electron chi connectivity index (χ3n) is 2.88. The van der Waals surface area contributed by atoms with E-state index in [4.69, 9.17) is 4.74 Å². The van der Waals surface area contributed by atoms with E-state index in [9.17, 15) is 0 Å². The van der Waals surface area contributed by atoms with E-state index in [1.165, 1.54) is 11.3 Å². The van der Waals surface area contributed by atoms with Crippen LogP contribution in [0.15, 0.2) is 36.5 Å². The first-order chi connectivity index (χ1) is 8.85. The van der Waals surface area contributed by atoms with Crippen molar-refractivity contribution < 1.29 is 4.74 Å². The lowest BCUT2D eigenvalue weighted by Crippen LogP contribution is -2.09. The highest BCUT2D eigenvalue weighted by molar-refractivity contribution is 5.50. The average Bonchev–Trinajstić information content (AvgIpc) is 2.85. The number of para-hydroxylation sites is 1. The van der Waals surface area contributed by atoms with Gasteiger partial charge in [-0.05, 0) is 19.1 Å². The molecule has 2 aromatic rings. The number of aryl methyl sites for hydroxylation is 1. The van der Waals surface area contributed by atoms with Gasteiger partial charge in [0, 0.05) is 31.1 Å². The summed E-state index contributed by atoms with van der Waals surface area (Å²) in [6, 6.07) is 10.2. The van der Waals surface area contributed by atoms with Crippen molar-refractivity contribution in [2.75, 3.05) is 12.4 Å². The summed E-state index contributed by atoms with van der Waals surface area (Å²) in [5.41, 5.74) is 3.47. The van der Waals surface area contributed by atoms with Gasteiger partial charge in [0.05, 0.1) is 18.8 Å². The van der Waals surface area contributed by atoms with E-state index < -0.39 is 0 Å². The molecule has 0 radical (unpaired) electrons. The van der Waals surface area contributed by atoms with E-state index in [2.05, 4.69) is 29.5 Å². The summed E-state index contributed by atoms with van der Waals surface area (Å²) >= 11 is 0. The summed E-state index contributed by atoms with van der Waals surface area (Å²) in [7, 11) is 1.71. The molecule has 18 heavy (non-hydrogen) atoms. The van der Waals surface area contributed by atoms with E-state index in [-0.39, 0.29) is 0 Å². The first-order valence-electron chi connectivity index (χ1n) is 6.16. The number of ether oxygens (including phenoxy) is 1. The van der Waals surface area contributed by atoms with Gasteiger partial charge in [-0.3, -0.25) is 4.68 Å². The highest BCUT2D eigenvalue weighted by Crippen LogP contribution is 2.16. The molecule has 4 heteroatoms. The maximum Gasteiger partial charge on any atom is 0.0733 e. The molecule has 0 amide bonds. The van der Waals surface area contributed by atoms with Gasteiger partial charge in [0.2, 0.25) is 0 Å². The fraction of sp³-hybridized carbons (Fsp3) is 0.357. The van der Waals surface area contributed by atoms with Gasteiger partial charge in [0.1, 0.15) is 0 Å². The van der Waals surface area contributed by atoms with Crippen molar-refractivity contribution in [1.82, 2.24) is 9.78 Å². The van der Waals surface area contributed by atoms with Crippen LogP contribution < -0.4 is 5.32 Å². The molecular weight excluding hydrogens is 226 g/mol. The summed E-state index contributed by atoms with van der Waals surface area (Å²) in [5.74, 6) is 0. The molecule has 2 rings (SSSR count). The van der Waals surface area contributed by atoms with Gasteiger partial charge in [0.15, 0.2) is 0 Å². The monoisotopic (exact) mass is 245 g/mol. The minimum Gasteiger partial charge on any atom is -0.380 e. The van der Waals surface area contributed by atoms with Crippen LogP contribution in [0.1, 0.15) is 18.2 Å². The zero-order chi connectivity index (χ0) is 12.8. The molecule has 1 N–H and O–H groups in total. The highest BCUT2D eigenvalue weighted by atomic mass is 16.5. The maximum atomic E-state index is 5.19. The van der Waals surface area contributed by atoms with Crippen LogP contribution in [0.25, 0.3) is 0 Å². The molecule has 0 saturated carbocycles. The molecule has 4 nitrogen and oxygen atoms in total. The van der Waals surface area contributed by atoms with Crippen molar-refractivity contribution in [3.05, 3.63) is 47.8 Å². The summed E-state index contributed by atoms with van der Waals surface area (Å²) in [6.07, 6.45) is 1.83. The average molecular weight is 245 g/mol. The summed E-state index contributed by atoms with van der Waals surface area (Å²) < 4.78 is 7.18. The summed E-state index contributed by atoms with van der Waals surface area (Å²) in [5, 5.41) is 7.69. The van der Waals surface area contributed by atoms with Crippen molar-refractivity contribution in [1.29, 1.82) is 0 Å². The topological polar surface area (TPSA) is 39.1 Å². The fourth-order valence-electron chi connectivity index (χ4n) is 1.95. The Morgan fingerprint density at radius 1 is 1.28 bits per heavy atom. The van der Waals surface area contributed by atoms with Crippen LogP contribution in [-0.2, 0) is 24.4 Å². The summed E-state index contributed by atoms with van der Waals surface area (Å²) in [4.78, 5) is 0. The molecule has 0 saturated heterocycles. The Bertz CT molecular complexity index is 493. The first kappa shape index (κ1) is 12.6. The molecule has 1 aromatic heterocycles. The molecule has 0 unspecified atom stereocenters. The lowest BCUT2D eigenvalue weighted by molar-refractivity contribution is 0.185. The maximum absolute atomic E-state index is 5.19. The number of nitrogens with one attached hydrogen (secondary N) is 1. The number of methoxy groups -OCH3 is 1. The fourth-order valence-corrected chi connectivity index (χ4v) is 1.95. The molecule has 1 heterocycles. The number of anilines is 1. The van der Waals surface area contributed by atoms with Gasteiger partial charge in [-0.15, -0.1) is 0 Å². The summed E-state index contributed by atoms with van der Waals surface area (Å²) in [6.45, 7) is 4.38. The molecule has 96 valence electrons. The van der Waals surface area contributed by atoms with E-state index in [0.717, 1.165) is 18.8 Å². The zero-order valence-electron chi connectivity index (χ0n) is 10.9.